The second kappa shape index (κ2) is 7.41. The van der Waals surface area contributed by atoms with Crippen molar-refractivity contribution in [3.8, 4) is 0 Å². The minimum absolute atomic E-state index is 0.0134. The molecule has 0 fully saturated rings. The molecular weight excluding hydrogens is 228 g/mol. The minimum Gasteiger partial charge on any atom is -0.360 e. The van der Waals surface area contributed by atoms with Crippen molar-refractivity contribution in [2.45, 2.75) is 33.9 Å². The number of allylic oxidation sites excluding steroid dienone is 2. The lowest BCUT2D eigenvalue weighted by molar-refractivity contribution is -0.126. The number of hydrogen-bond donors (Lipinski definition) is 0. The summed E-state index contributed by atoms with van der Waals surface area (Å²) in [5.41, 5.74) is 0.770. The Labute approximate surface area is 102 Å². The third-order valence-corrected chi connectivity index (χ3v) is 2.30. The van der Waals surface area contributed by atoms with Gasteiger partial charge in [0.1, 0.15) is 11.4 Å². The molecule has 0 bridgehead atoms. The van der Waals surface area contributed by atoms with Gasteiger partial charge in [-0.15, -0.1) is 0 Å². The summed E-state index contributed by atoms with van der Waals surface area (Å²) in [7, 11) is 1.56. The molecule has 0 aromatic heterocycles. The van der Waals surface area contributed by atoms with E-state index >= 15 is 0 Å². The average Bonchev–Trinajstić information content (AvgIpc) is 2.17. The maximum absolute atomic E-state index is 11.3. The summed E-state index contributed by atoms with van der Waals surface area (Å²) in [6.07, 6.45) is 1.37. The van der Waals surface area contributed by atoms with Crippen LogP contribution in [0.15, 0.2) is 16.8 Å². The molecule has 5 heteroatoms. The summed E-state index contributed by atoms with van der Waals surface area (Å²) in [4.78, 5) is 16.9. The predicted molar refractivity (Wildman–Crippen MR) is 66.6 cm³/mol. The first-order valence-electron chi connectivity index (χ1n) is 5.14. The molecule has 0 aliphatic heterocycles. The number of halogens is 1. The number of hydrogen-bond acceptors (Lipinski definition) is 3. The van der Waals surface area contributed by atoms with Crippen molar-refractivity contribution >= 4 is 22.7 Å². The van der Waals surface area contributed by atoms with Gasteiger partial charge in [0.2, 0.25) is 5.91 Å². The molecule has 1 atom stereocenters. The van der Waals surface area contributed by atoms with Crippen LogP contribution in [0, 0.1) is 0 Å². The molecule has 0 N–H and O–H groups in total. The van der Waals surface area contributed by atoms with Crippen molar-refractivity contribution < 1.29 is 9.53 Å². The molecule has 0 heterocycles. The number of nitrogens with zero attached hydrogens (tertiary/aromatic N) is 2. The highest BCUT2D eigenvalue weighted by molar-refractivity contribution is 6.68. The second-order valence-electron chi connectivity index (χ2n) is 3.34. The molecule has 0 saturated carbocycles. The van der Waals surface area contributed by atoms with Crippen LogP contribution >= 0.6 is 11.6 Å². The van der Waals surface area contributed by atoms with Gasteiger partial charge in [-0.3, -0.25) is 4.79 Å². The van der Waals surface area contributed by atoms with E-state index in [1.807, 2.05) is 13.8 Å². The van der Waals surface area contributed by atoms with E-state index in [-0.39, 0.29) is 12.1 Å². The van der Waals surface area contributed by atoms with Gasteiger partial charge in [0.05, 0.1) is 0 Å². The van der Waals surface area contributed by atoms with Crippen LogP contribution in [-0.2, 0) is 9.53 Å². The minimum atomic E-state index is -0.288. The van der Waals surface area contributed by atoms with Crippen LogP contribution in [-0.4, -0.2) is 35.9 Å². The van der Waals surface area contributed by atoms with Gasteiger partial charge in [0.25, 0.3) is 0 Å². The zero-order valence-corrected chi connectivity index (χ0v) is 11.2. The normalized spacial score (nSPS) is 14.9. The molecule has 0 aromatic carbocycles. The third-order valence-electron chi connectivity index (χ3n) is 2.10. The Balaban J connectivity index is 4.75. The summed E-state index contributed by atoms with van der Waals surface area (Å²) in [6.45, 7) is 7.64. The van der Waals surface area contributed by atoms with Gasteiger partial charge in [-0.05, 0) is 26.8 Å². The van der Waals surface area contributed by atoms with Gasteiger partial charge in [-0.25, -0.2) is 4.99 Å². The van der Waals surface area contributed by atoms with Gasteiger partial charge >= 0.3 is 0 Å². The number of carbonyl (C=O) groups is 1. The lowest BCUT2D eigenvalue weighted by Crippen LogP contribution is -2.26. The lowest BCUT2D eigenvalue weighted by atomic mass is 10.3. The van der Waals surface area contributed by atoms with Crippen molar-refractivity contribution in [2.24, 2.45) is 4.99 Å². The first-order valence-corrected chi connectivity index (χ1v) is 5.52. The SMILES string of the molecule is CCN(C(C)=O)/C(C)=C/C(Cl)=N\C(C)OC. The largest absolute Gasteiger partial charge is 0.360 e. The molecule has 0 spiro atoms. The Bertz CT molecular complexity index is 300. The number of methoxy groups -OCH3 is 1. The van der Waals surface area contributed by atoms with Crippen LogP contribution in [0.25, 0.3) is 0 Å². The molecule has 1 amide bonds. The smallest absolute Gasteiger partial charge is 0.223 e. The van der Waals surface area contributed by atoms with Gasteiger partial charge in [-0.2, -0.15) is 0 Å². The number of aliphatic imine (C=N–C) groups is 1. The van der Waals surface area contributed by atoms with E-state index in [1.54, 1.807) is 25.0 Å². The first-order chi connectivity index (χ1) is 7.42. The fourth-order valence-corrected chi connectivity index (χ4v) is 1.53. The molecule has 0 aromatic rings. The topological polar surface area (TPSA) is 41.9 Å². The van der Waals surface area contributed by atoms with Crippen molar-refractivity contribution in [3.05, 3.63) is 11.8 Å². The zero-order valence-electron chi connectivity index (χ0n) is 10.5. The highest BCUT2D eigenvalue weighted by Crippen LogP contribution is 2.06. The Hall–Kier alpha value is -0.870. The second-order valence-corrected chi connectivity index (χ2v) is 3.72. The summed E-state index contributed by atoms with van der Waals surface area (Å²) in [5.74, 6) is -0.0134. The standard InChI is InChI=1S/C11H19ClN2O2/c1-6-14(10(4)15)8(2)7-11(12)13-9(3)16-5/h7,9H,6H2,1-5H3/b8-7+,13-11+. The number of rotatable bonds is 5. The summed E-state index contributed by atoms with van der Waals surface area (Å²) >= 11 is 5.91. The Kier molecular flexibility index (Phi) is 7.01. The Morgan fingerprint density at radius 3 is 2.50 bits per heavy atom. The molecule has 0 radical (unpaired) electrons. The molecular formula is C11H19ClN2O2. The molecule has 4 nitrogen and oxygen atoms in total. The maximum Gasteiger partial charge on any atom is 0.223 e. The monoisotopic (exact) mass is 246 g/mol. The van der Waals surface area contributed by atoms with Gasteiger partial charge in [0.15, 0.2) is 0 Å². The fourth-order valence-electron chi connectivity index (χ4n) is 1.23. The van der Waals surface area contributed by atoms with Crippen LogP contribution in [0.5, 0.6) is 0 Å². The summed E-state index contributed by atoms with van der Waals surface area (Å²) in [5, 5.41) is 0.326. The van der Waals surface area contributed by atoms with Crippen LogP contribution in [0.3, 0.4) is 0 Å². The van der Waals surface area contributed by atoms with E-state index in [2.05, 4.69) is 4.99 Å². The van der Waals surface area contributed by atoms with E-state index in [0.29, 0.717) is 11.7 Å². The highest BCUT2D eigenvalue weighted by atomic mass is 35.5. The van der Waals surface area contributed by atoms with Crippen molar-refractivity contribution in [3.63, 3.8) is 0 Å². The number of carbonyl (C=O) groups excluding carboxylic acids is 1. The van der Waals surface area contributed by atoms with Crippen LogP contribution in [0.1, 0.15) is 27.7 Å². The molecule has 1 unspecified atom stereocenters. The molecule has 0 saturated heterocycles. The Morgan fingerprint density at radius 1 is 1.56 bits per heavy atom. The lowest BCUT2D eigenvalue weighted by Gasteiger charge is -2.19. The average molecular weight is 247 g/mol. The number of amides is 1. The van der Waals surface area contributed by atoms with E-state index in [9.17, 15) is 4.79 Å². The van der Waals surface area contributed by atoms with Crippen molar-refractivity contribution in [2.75, 3.05) is 13.7 Å². The van der Waals surface area contributed by atoms with Crippen LogP contribution < -0.4 is 0 Å². The van der Waals surface area contributed by atoms with E-state index in [4.69, 9.17) is 16.3 Å². The zero-order chi connectivity index (χ0) is 12.7. The van der Waals surface area contributed by atoms with Crippen molar-refractivity contribution in [1.82, 2.24) is 4.90 Å². The predicted octanol–water partition coefficient (Wildman–Crippen LogP) is 2.39. The van der Waals surface area contributed by atoms with Gasteiger partial charge < -0.3 is 9.64 Å². The van der Waals surface area contributed by atoms with Gasteiger partial charge in [0, 0.05) is 26.3 Å². The fraction of sp³-hybridized carbons (Fsp3) is 0.636. The molecule has 16 heavy (non-hydrogen) atoms. The van der Waals surface area contributed by atoms with Crippen LogP contribution in [0.4, 0.5) is 0 Å². The summed E-state index contributed by atoms with van der Waals surface area (Å²) < 4.78 is 4.95. The molecule has 0 aliphatic carbocycles. The molecule has 0 aliphatic rings. The van der Waals surface area contributed by atoms with Gasteiger partial charge in [-0.1, -0.05) is 11.6 Å². The van der Waals surface area contributed by atoms with Crippen molar-refractivity contribution in [1.29, 1.82) is 0 Å². The first kappa shape index (κ1) is 15.1. The van der Waals surface area contributed by atoms with E-state index in [1.165, 1.54) is 6.92 Å². The highest BCUT2D eigenvalue weighted by Gasteiger charge is 2.08. The maximum atomic E-state index is 11.3. The molecule has 92 valence electrons. The van der Waals surface area contributed by atoms with E-state index < -0.39 is 0 Å². The quantitative estimate of drug-likeness (QED) is 0.699. The number of ether oxygens (including phenoxy) is 1. The summed E-state index contributed by atoms with van der Waals surface area (Å²) in [6, 6.07) is 0. The third kappa shape index (κ3) is 5.28. The van der Waals surface area contributed by atoms with E-state index in [0.717, 1.165) is 5.70 Å². The van der Waals surface area contributed by atoms with Crippen LogP contribution in [0.2, 0.25) is 0 Å². The molecule has 0 rings (SSSR count). The Morgan fingerprint density at radius 2 is 2.12 bits per heavy atom.